The smallest absolute Gasteiger partial charge is 0.230 e. The Bertz CT molecular complexity index is 714. The number of carbonyl (C=O) groups excluding carboxylic acids is 1. The largest absolute Gasteiger partial charge is 0.349 e. The maximum atomic E-state index is 12.2. The number of amides is 1. The second kappa shape index (κ2) is 8.09. The van der Waals surface area contributed by atoms with E-state index in [0.717, 1.165) is 10.8 Å². The average molecular weight is 360 g/mol. The van der Waals surface area contributed by atoms with Gasteiger partial charge in [0.2, 0.25) is 5.91 Å². The second-order valence-electron chi connectivity index (χ2n) is 6.29. The Labute approximate surface area is 153 Å². The molecule has 1 atom stereocenters. The van der Waals surface area contributed by atoms with Crippen LogP contribution in [0.25, 0.3) is 0 Å². The normalized spacial score (nSPS) is 14.2. The fraction of sp³-hybridized carbons (Fsp3) is 0.350. The van der Waals surface area contributed by atoms with Crippen molar-refractivity contribution in [1.29, 1.82) is 0 Å². The number of aryl methyl sites for hydroxylation is 2. The highest BCUT2D eigenvalue weighted by atomic mass is 35.5. The third-order valence-electron chi connectivity index (χ3n) is 4.42. The molecular formula is C20H22ClNOS. The van der Waals surface area contributed by atoms with Crippen LogP contribution in [0.15, 0.2) is 42.5 Å². The van der Waals surface area contributed by atoms with Crippen molar-refractivity contribution in [2.24, 2.45) is 0 Å². The Balaban J connectivity index is 1.46. The summed E-state index contributed by atoms with van der Waals surface area (Å²) >= 11 is 7.50. The topological polar surface area (TPSA) is 29.1 Å². The zero-order valence-corrected chi connectivity index (χ0v) is 15.4. The molecule has 2 aromatic rings. The van der Waals surface area contributed by atoms with Crippen LogP contribution in [0.2, 0.25) is 5.02 Å². The molecular weight excluding hydrogens is 338 g/mol. The van der Waals surface area contributed by atoms with Crippen molar-refractivity contribution in [2.45, 2.75) is 38.0 Å². The summed E-state index contributed by atoms with van der Waals surface area (Å²) in [6, 6.07) is 14.4. The molecule has 1 aliphatic carbocycles. The molecule has 2 nitrogen and oxygen atoms in total. The predicted molar refractivity (Wildman–Crippen MR) is 103 cm³/mol. The zero-order chi connectivity index (χ0) is 16.9. The molecule has 3 rings (SSSR count). The summed E-state index contributed by atoms with van der Waals surface area (Å²) in [5.74, 6) is 1.37. The molecule has 0 aromatic heterocycles. The first-order valence-corrected chi connectivity index (χ1v) is 9.88. The number of benzene rings is 2. The summed E-state index contributed by atoms with van der Waals surface area (Å²) < 4.78 is 0. The number of hydrogen-bond donors (Lipinski definition) is 1. The fourth-order valence-corrected chi connectivity index (χ4v) is 3.99. The van der Waals surface area contributed by atoms with E-state index in [0.29, 0.717) is 5.75 Å². The van der Waals surface area contributed by atoms with E-state index in [1.807, 2.05) is 24.3 Å². The lowest BCUT2D eigenvalue weighted by Crippen LogP contribution is -2.28. The van der Waals surface area contributed by atoms with E-state index in [1.165, 1.54) is 41.5 Å². The molecule has 126 valence electrons. The molecule has 0 spiro atoms. The van der Waals surface area contributed by atoms with Gasteiger partial charge in [0.25, 0.3) is 0 Å². The first-order valence-electron chi connectivity index (χ1n) is 8.35. The SMILES string of the molecule is C[C@H](NC(=O)CSCc1ccc(Cl)cc1)c1ccc2c(c1)CCC2. The summed E-state index contributed by atoms with van der Waals surface area (Å²) in [5, 5.41) is 3.84. The lowest BCUT2D eigenvalue weighted by Gasteiger charge is -2.15. The molecule has 0 unspecified atom stereocenters. The highest BCUT2D eigenvalue weighted by molar-refractivity contribution is 7.99. The van der Waals surface area contributed by atoms with Gasteiger partial charge in [-0.3, -0.25) is 4.79 Å². The number of thioether (sulfide) groups is 1. The Kier molecular flexibility index (Phi) is 5.85. The third-order valence-corrected chi connectivity index (χ3v) is 5.67. The summed E-state index contributed by atoms with van der Waals surface area (Å²) in [7, 11) is 0. The van der Waals surface area contributed by atoms with Gasteiger partial charge in [-0.25, -0.2) is 0 Å². The van der Waals surface area contributed by atoms with Crippen molar-refractivity contribution in [3.8, 4) is 0 Å². The van der Waals surface area contributed by atoms with Crippen LogP contribution in [0.4, 0.5) is 0 Å². The number of fused-ring (bicyclic) bond motifs is 1. The van der Waals surface area contributed by atoms with Crippen LogP contribution >= 0.6 is 23.4 Å². The minimum absolute atomic E-state index is 0.0551. The lowest BCUT2D eigenvalue weighted by molar-refractivity contribution is -0.119. The van der Waals surface area contributed by atoms with Crippen molar-refractivity contribution in [1.82, 2.24) is 5.32 Å². The van der Waals surface area contributed by atoms with E-state index in [1.54, 1.807) is 11.8 Å². The van der Waals surface area contributed by atoms with Crippen LogP contribution in [0.5, 0.6) is 0 Å². The Morgan fingerprint density at radius 1 is 1.17 bits per heavy atom. The molecule has 0 heterocycles. The standard InChI is InChI=1S/C20H22ClNOS/c1-14(17-8-7-16-3-2-4-18(16)11-17)22-20(23)13-24-12-15-5-9-19(21)10-6-15/h5-11,14H,2-4,12-13H2,1H3,(H,22,23)/t14-/m0/s1. The first-order chi connectivity index (χ1) is 11.6. The average Bonchev–Trinajstić information content (AvgIpc) is 3.04. The minimum Gasteiger partial charge on any atom is -0.349 e. The van der Waals surface area contributed by atoms with E-state index >= 15 is 0 Å². The van der Waals surface area contributed by atoms with Gasteiger partial charge < -0.3 is 5.32 Å². The second-order valence-corrected chi connectivity index (χ2v) is 7.71. The highest BCUT2D eigenvalue weighted by Crippen LogP contribution is 2.25. The van der Waals surface area contributed by atoms with Crippen LogP contribution in [0.1, 0.15) is 41.6 Å². The maximum Gasteiger partial charge on any atom is 0.230 e. The molecule has 0 saturated heterocycles. The third kappa shape index (κ3) is 4.55. The van der Waals surface area contributed by atoms with E-state index in [2.05, 4.69) is 30.4 Å². The van der Waals surface area contributed by atoms with Gasteiger partial charge >= 0.3 is 0 Å². The quantitative estimate of drug-likeness (QED) is 0.791. The van der Waals surface area contributed by atoms with Crippen molar-refractivity contribution >= 4 is 29.3 Å². The zero-order valence-electron chi connectivity index (χ0n) is 13.8. The molecule has 1 amide bonds. The van der Waals surface area contributed by atoms with E-state index in [4.69, 9.17) is 11.6 Å². The van der Waals surface area contributed by atoms with Crippen molar-refractivity contribution in [3.63, 3.8) is 0 Å². The fourth-order valence-electron chi connectivity index (χ4n) is 3.07. The lowest BCUT2D eigenvalue weighted by atomic mass is 10.0. The summed E-state index contributed by atoms with van der Waals surface area (Å²) in [6.45, 7) is 2.05. The van der Waals surface area contributed by atoms with E-state index in [9.17, 15) is 4.79 Å². The first kappa shape index (κ1) is 17.4. The van der Waals surface area contributed by atoms with Crippen molar-refractivity contribution in [2.75, 3.05) is 5.75 Å². The molecule has 4 heteroatoms. The van der Waals surface area contributed by atoms with Gasteiger partial charge in [0.1, 0.15) is 0 Å². The molecule has 1 aliphatic rings. The summed E-state index contributed by atoms with van der Waals surface area (Å²) in [4.78, 5) is 12.2. The number of nitrogens with one attached hydrogen (secondary N) is 1. The van der Waals surface area contributed by atoms with E-state index in [-0.39, 0.29) is 11.9 Å². The van der Waals surface area contributed by atoms with Crippen LogP contribution in [0.3, 0.4) is 0 Å². The summed E-state index contributed by atoms with van der Waals surface area (Å²) in [5.41, 5.74) is 5.30. The predicted octanol–water partition coefficient (Wildman–Crippen LogP) is 4.94. The van der Waals surface area contributed by atoms with Crippen molar-refractivity contribution < 1.29 is 4.79 Å². The highest BCUT2D eigenvalue weighted by Gasteiger charge is 2.14. The van der Waals surface area contributed by atoms with Gasteiger partial charge in [0.15, 0.2) is 0 Å². The molecule has 0 bridgehead atoms. The van der Waals surface area contributed by atoms with Gasteiger partial charge in [-0.2, -0.15) is 0 Å². The van der Waals surface area contributed by atoms with Crippen LogP contribution in [-0.2, 0) is 23.4 Å². The molecule has 0 fully saturated rings. The number of rotatable bonds is 6. The Hall–Kier alpha value is -1.45. The Morgan fingerprint density at radius 2 is 1.92 bits per heavy atom. The number of halogens is 1. The number of carbonyl (C=O) groups is 1. The van der Waals surface area contributed by atoms with Crippen LogP contribution < -0.4 is 5.32 Å². The molecule has 1 N–H and O–H groups in total. The van der Waals surface area contributed by atoms with Crippen LogP contribution in [0, 0.1) is 0 Å². The molecule has 0 saturated carbocycles. The maximum absolute atomic E-state index is 12.2. The van der Waals surface area contributed by atoms with Crippen LogP contribution in [-0.4, -0.2) is 11.7 Å². The summed E-state index contributed by atoms with van der Waals surface area (Å²) in [6.07, 6.45) is 3.61. The van der Waals surface area contributed by atoms with E-state index < -0.39 is 0 Å². The molecule has 0 aliphatic heterocycles. The van der Waals surface area contributed by atoms with Gasteiger partial charge in [-0.15, -0.1) is 11.8 Å². The molecule has 2 aromatic carbocycles. The van der Waals surface area contributed by atoms with Gasteiger partial charge in [-0.05, 0) is 60.6 Å². The van der Waals surface area contributed by atoms with Crippen molar-refractivity contribution in [3.05, 3.63) is 69.7 Å². The number of hydrogen-bond acceptors (Lipinski definition) is 2. The minimum atomic E-state index is 0.0551. The molecule has 0 radical (unpaired) electrons. The monoisotopic (exact) mass is 359 g/mol. The van der Waals surface area contributed by atoms with Gasteiger partial charge in [-0.1, -0.05) is 41.9 Å². The Morgan fingerprint density at radius 3 is 2.71 bits per heavy atom. The van der Waals surface area contributed by atoms with Gasteiger partial charge in [0, 0.05) is 10.8 Å². The van der Waals surface area contributed by atoms with Gasteiger partial charge in [0.05, 0.1) is 11.8 Å². The molecule has 24 heavy (non-hydrogen) atoms.